The van der Waals surface area contributed by atoms with E-state index in [2.05, 4.69) is 5.32 Å². The number of nitrogens with one attached hydrogen (secondary N) is 2. The molecule has 0 unspecified atom stereocenters. The van der Waals surface area contributed by atoms with Crippen LogP contribution in [0.15, 0.2) is 30.3 Å². The smallest absolute Gasteiger partial charge is 0.306 e. The molecule has 0 radical (unpaired) electrons. The molecule has 120 valence electrons. The van der Waals surface area contributed by atoms with Gasteiger partial charge >= 0.3 is 6.03 Å². The number of urea groups is 1. The van der Waals surface area contributed by atoms with Crippen LogP contribution in [0.4, 0.5) is 19.3 Å². The summed E-state index contributed by atoms with van der Waals surface area (Å²) in [6.07, 6.45) is 0. The van der Waals surface area contributed by atoms with Gasteiger partial charge in [-0.2, -0.15) is 0 Å². The Balaban J connectivity index is 2.14. The number of carbonyl (C=O) groups is 2. The lowest BCUT2D eigenvalue weighted by Crippen LogP contribution is -2.35. The van der Waals surface area contributed by atoms with Gasteiger partial charge in [0.05, 0.1) is 20.8 Å². The van der Waals surface area contributed by atoms with Gasteiger partial charge in [0.25, 0.3) is 5.91 Å². The second-order valence-corrected chi connectivity index (χ2v) is 5.47. The molecule has 2 rings (SSSR count). The quantitative estimate of drug-likeness (QED) is 0.730. The fraction of sp³-hybridized carbons (Fsp3) is 0. The third kappa shape index (κ3) is 4.10. The minimum atomic E-state index is -1.24. The third-order valence-electron chi connectivity index (χ3n) is 2.68. The number of amides is 3. The zero-order valence-electron chi connectivity index (χ0n) is 11.1. The molecule has 0 saturated heterocycles. The van der Waals surface area contributed by atoms with Crippen LogP contribution in [-0.2, 0) is 0 Å². The fourth-order valence-corrected chi connectivity index (χ4v) is 2.25. The lowest BCUT2D eigenvalue weighted by atomic mass is 10.2. The first-order valence-corrected chi connectivity index (χ1v) is 7.14. The van der Waals surface area contributed by atoms with Crippen LogP contribution in [0, 0.1) is 11.6 Å². The minimum absolute atomic E-state index is 0.0686. The zero-order valence-corrected chi connectivity index (χ0v) is 13.4. The summed E-state index contributed by atoms with van der Waals surface area (Å²) in [5.74, 6) is -3.43. The van der Waals surface area contributed by atoms with Crippen LogP contribution >= 0.6 is 34.8 Å². The first kappa shape index (κ1) is 17.5. The molecule has 0 heterocycles. The van der Waals surface area contributed by atoms with Gasteiger partial charge in [-0.15, -0.1) is 0 Å². The third-order valence-corrected chi connectivity index (χ3v) is 3.71. The molecule has 3 amide bonds. The number of halogens is 5. The van der Waals surface area contributed by atoms with Gasteiger partial charge in [-0.3, -0.25) is 10.1 Å². The molecule has 0 aromatic heterocycles. The molecule has 2 aromatic rings. The van der Waals surface area contributed by atoms with E-state index in [4.69, 9.17) is 34.8 Å². The Bertz CT molecular complexity index is 780. The summed E-state index contributed by atoms with van der Waals surface area (Å²) in [4.78, 5) is 23.5. The van der Waals surface area contributed by atoms with E-state index in [0.717, 1.165) is 18.2 Å². The maximum Gasteiger partial charge on any atom is 0.326 e. The molecule has 4 nitrogen and oxygen atoms in total. The second-order valence-electron chi connectivity index (χ2n) is 4.25. The van der Waals surface area contributed by atoms with Crippen molar-refractivity contribution in [3.8, 4) is 0 Å². The van der Waals surface area contributed by atoms with Crippen LogP contribution in [0.25, 0.3) is 0 Å². The standard InChI is InChI=1S/C14H7Cl3F2N2O2/c15-6-4-8(17)11(5-7(6)16)20-14(23)21-13(22)12-9(18)2-1-3-10(12)19/h1-5H,(H2,20,21,22,23). The Hall–Kier alpha value is -1.89. The monoisotopic (exact) mass is 378 g/mol. The number of rotatable bonds is 2. The highest BCUT2D eigenvalue weighted by molar-refractivity contribution is 6.44. The molecule has 0 atom stereocenters. The highest BCUT2D eigenvalue weighted by Gasteiger charge is 2.19. The predicted molar refractivity (Wildman–Crippen MR) is 84.3 cm³/mol. The van der Waals surface area contributed by atoms with E-state index < -0.39 is 29.1 Å². The molecule has 2 aromatic carbocycles. The number of carbonyl (C=O) groups excluding carboxylic acids is 2. The van der Waals surface area contributed by atoms with Crippen molar-refractivity contribution in [2.24, 2.45) is 0 Å². The lowest BCUT2D eigenvalue weighted by Gasteiger charge is -2.10. The van der Waals surface area contributed by atoms with Gasteiger partial charge in [0.15, 0.2) is 0 Å². The fourth-order valence-electron chi connectivity index (χ4n) is 1.65. The van der Waals surface area contributed by atoms with Gasteiger partial charge < -0.3 is 5.32 Å². The van der Waals surface area contributed by atoms with Crippen molar-refractivity contribution in [2.45, 2.75) is 0 Å². The molecule has 23 heavy (non-hydrogen) atoms. The van der Waals surface area contributed by atoms with E-state index in [-0.39, 0.29) is 20.8 Å². The molecular weight excluding hydrogens is 373 g/mol. The SMILES string of the molecule is O=C(NC(=O)c1c(F)cccc1F)Nc1cc(Cl)c(Cl)cc1Cl. The van der Waals surface area contributed by atoms with Crippen molar-refractivity contribution in [2.75, 3.05) is 5.32 Å². The van der Waals surface area contributed by atoms with E-state index in [1.165, 1.54) is 12.1 Å². The number of imide groups is 1. The van der Waals surface area contributed by atoms with Crippen molar-refractivity contribution in [1.82, 2.24) is 5.32 Å². The number of benzene rings is 2. The van der Waals surface area contributed by atoms with Crippen LogP contribution in [0.5, 0.6) is 0 Å². The zero-order chi connectivity index (χ0) is 17.1. The average Bonchev–Trinajstić information content (AvgIpc) is 2.44. The number of hydrogen-bond donors (Lipinski definition) is 2. The van der Waals surface area contributed by atoms with Gasteiger partial charge in [-0.25, -0.2) is 13.6 Å². The topological polar surface area (TPSA) is 58.2 Å². The summed E-state index contributed by atoms with van der Waals surface area (Å²) in [6, 6.07) is 4.39. The van der Waals surface area contributed by atoms with E-state index in [9.17, 15) is 18.4 Å². The molecule has 0 saturated carbocycles. The van der Waals surface area contributed by atoms with E-state index >= 15 is 0 Å². The Morgan fingerprint density at radius 1 is 0.913 bits per heavy atom. The maximum atomic E-state index is 13.5. The molecule has 0 fully saturated rings. The first-order valence-electron chi connectivity index (χ1n) is 6.00. The van der Waals surface area contributed by atoms with Crippen molar-refractivity contribution in [3.05, 3.63) is 62.6 Å². The summed E-state index contributed by atoms with van der Waals surface area (Å²) >= 11 is 17.4. The Morgan fingerprint density at radius 3 is 2.09 bits per heavy atom. The molecule has 0 spiro atoms. The molecule has 0 aliphatic carbocycles. The number of anilines is 1. The Labute approximate surface area is 144 Å². The summed E-state index contributed by atoms with van der Waals surface area (Å²) in [7, 11) is 0. The summed E-state index contributed by atoms with van der Waals surface area (Å²) in [5.41, 5.74) is -0.803. The highest BCUT2D eigenvalue weighted by Crippen LogP contribution is 2.32. The van der Waals surface area contributed by atoms with E-state index in [1.807, 2.05) is 0 Å². The van der Waals surface area contributed by atoms with Crippen molar-refractivity contribution in [1.29, 1.82) is 0 Å². The van der Waals surface area contributed by atoms with Crippen LogP contribution in [0.3, 0.4) is 0 Å². The van der Waals surface area contributed by atoms with E-state index in [1.54, 1.807) is 5.32 Å². The molecule has 0 aliphatic heterocycles. The second kappa shape index (κ2) is 7.12. The average molecular weight is 380 g/mol. The van der Waals surface area contributed by atoms with Crippen LogP contribution in [-0.4, -0.2) is 11.9 Å². The minimum Gasteiger partial charge on any atom is -0.306 e. The predicted octanol–water partition coefficient (Wildman–Crippen LogP) is 4.89. The van der Waals surface area contributed by atoms with E-state index in [0.29, 0.717) is 0 Å². The van der Waals surface area contributed by atoms with Crippen molar-refractivity contribution >= 4 is 52.4 Å². The van der Waals surface area contributed by atoms with Crippen LogP contribution in [0.1, 0.15) is 10.4 Å². The van der Waals surface area contributed by atoms with Crippen LogP contribution < -0.4 is 10.6 Å². The molecule has 9 heteroatoms. The Kier molecular flexibility index (Phi) is 5.41. The summed E-state index contributed by atoms with van der Waals surface area (Å²) < 4.78 is 26.9. The largest absolute Gasteiger partial charge is 0.326 e. The van der Waals surface area contributed by atoms with Gasteiger partial charge in [0, 0.05) is 0 Å². The van der Waals surface area contributed by atoms with Crippen LogP contribution in [0.2, 0.25) is 15.1 Å². The normalized spacial score (nSPS) is 10.3. The highest BCUT2D eigenvalue weighted by atomic mass is 35.5. The lowest BCUT2D eigenvalue weighted by molar-refractivity contribution is 0.0959. The van der Waals surface area contributed by atoms with Crippen molar-refractivity contribution in [3.63, 3.8) is 0 Å². The Morgan fingerprint density at radius 2 is 1.48 bits per heavy atom. The maximum absolute atomic E-state index is 13.5. The molecule has 2 N–H and O–H groups in total. The summed E-state index contributed by atoms with van der Waals surface area (Å²) in [6.45, 7) is 0. The van der Waals surface area contributed by atoms with Gasteiger partial charge in [0.1, 0.15) is 17.2 Å². The first-order chi connectivity index (χ1) is 10.8. The van der Waals surface area contributed by atoms with Gasteiger partial charge in [0.2, 0.25) is 0 Å². The van der Waals surface area contributed by atoms with Gasteiger partial charge in [-0.05, 0) is 24.3 Å². The molecule has 0 bridgehead atoms. The van der Waals surface area contributed by atoms with Crippen molar-refractivity contribution < 1.29 is 18.4 Å². The van der Waals surface area contributed by atoms with Gasteiger partial charge in [-0.1, -0.05) is 40.9 Å². The summed E-state index contributed by atoms with van der Waals surface area (Å²) in [5, 5.41) is 4.38. The molecular formula is C14H7Cl3F2N2O2. The molecule has 0 aliphatic rings. The number of hydrogen-bond acceptors (Lipinski definition) is 2.